The molecule has 168 valence electrons. The van der Waals surface area contributed by atoms with E-state index in [9.17, 15) is 13.2 Å². The number of hydrogen-bond donors (Lipinski definition) is 1. The first kappa shape index (κ1) is 23.6. The number of piperidine rings is 1. The highest BCUT2D eigenvalue weighted by molar-refractivity contribution is 7.89. The number of amides is 1. The van der Waals surface area contributed by atoms with Crippen LogP contribution in [-0.4, -0.2) is 38.3 Å². The van der Waals surface area contributed by atoms with Gasteiger partial charge >= 0.3 is 0 Å². The van der Waals surface area contributed by atoms with Crippen molar-refractivity contribution in [1.29, 1.82) is 0 Å². The molecule has 1 aliphatic rings. The molecular weight excluding hydrogens is 436 g/mol. The molecule has 2 aromatic rings. The van der Waals surface area contributed by atoms with Crippen LogP contribution in [0.2, 0.25) is 5.02 Å². The maximum atomic E-state index is 13.3. The second-order valence-electron chi connectivity index (χ2n) is 8.23. The predicted octanol–water partition coefficient (Wildman–Crippen LogP) is 4.02. The summed E-state index contributed by atoms with van der Waals surface area (Å²) in [6.45, 7) is 2.84. The number of primary amides is 1. The maximum absolute atomic E-state index is 13.3. The lowest BCUT2D eigenvalue weighted by Crippen LogP contribution is -2.50. The van der Waals surface area contributed by atoms with Crippen molar-refractivity contribution >= 4 is 27.5 Å². The summed E-state index contributed by atoms with van der Waals surface area (Å²) < 4.78 is 34.0. The lowest BCUT2D eigenvalue weighted by Gasteiger charge is -2.41. The number of carbonyl (C=O) groups excluding carboxylic acids is 1. The fourth-order valence-electron chi connectivity index (χ4n) is 4.11. The number of rotatable bonds is 9. The molecule has 0 saturated carbocycles. The van der Waals surface area contributed by atoms with Crippen LogP contribution in [-0.2, 0) is 21.2 Å². The molecule has 8 heteroatoms. The smallest absolute Gasteiger partial charge is 0.243 e. The van der Waals surface area contributed by atoms with Crippen LogP contribution in [0.1, 0.15) is 38.2 Å². The molecule has 31 heavy (non-hydrogen) atoms. The summed E-state index contributed by atoms with van der Waals surface area (Å²) in [4.78, 5) is 12.1. The third-order valence-electron chi connectivity index (χ3n) is 5.62. The van der Waals surface area contributed by atoms with Gasteiger partial charge < -0.3 is 10.5 Å². The lowest BCUT2D eigenvalue weighted by atomic mass is 9.78. The molecule has 0 aliphatic carbocycles. The van der Waals surface area contributed by atoms with E-state index in [1.807, 2.05) is 12.1 Å². The van der Waals surface area contributed by atoms with E-state index < -0.39 is 21.3 Å². The topological polar surface area (TPSA) is 89.7 Å². The fraction of sp³-hybridized carbons (Fsp3) is 0.435. The third-order valence-corrected chi connectivity index (χ3v) is 7.71. The molecule has 0 bridgehead atoms. The van der Waals surface area contributed by atoms with Gasteiger partial charge in [-0.1, -0.05) is 43.1 Å². The van der Waals surface area contributed by atoms with Crippen LogP contribution in [0.4, 0.5) is 0 Å². The Hall–Kier alpha value is -2.09. The van der Waals surface area contributed by atoms with Gasteiger partial charge in [0.05, 0.1) is 11.5 Å². The number of benzene rings is 2. The van der Waals surface area contributed by atoms with Gasteiger partial charge in [-0.15, -0.1) is 0 Å². The number of aryl methyl sites for hydroxylation is 1. The normalized spacial score (nSPS) is 19.8. The Balaban J connectivity index is 1.81. The molecule has 1 unspecified atom stereocenters. The molecule has 0 radical (unpaired) electrons. The van der Waals surface area contributed by atoms with Crippen LogP contribution < -0.4 is 10.5 Å². The molecule has 0 aromatic heterocycles. The van der Waals surface area contributed by atoms with Gasteiger partial charge in [-0.2, -0.15) is 4.31 Å². The lowest BCUT2D eigenvalue weighted by molar-refractivity contribution is -0.121. The van der Waals surface area contributed by atoms with E-state index in [2.05, 4.69) is 6.92 Å². The van der Waals surface area contributed by atoms with Crippen molar-refractivity contribution in [3.63, 3.8) is 0 Å². The highest BCUT2D eigenvalue weighted by Crippen LogP contribution is 2.37. The number of sulfonamides is 1. The second kappa shape index (κ2) is 10.0. The van der Waals surface area contributed by atoms with Crippen LogP contribution in [0.25, 0.3) is 0 Å². The predicted molar refractivity (Wildman–Crippen MR) is 122 cm³/mol. The first-order valence-corrected chi connectivity index (χ1v) is 12.3. The van der Waals surface area contributed by atoms with E-state index in [1.54, 1.807) is 36.4 Å². The van der Waals surface area contributed by atoms with Crippen molar-refractivity contribution in [2.75, 3.05) is 19.7 Å². The number of nitrogens with zero attached hydrogens (tertiary/aromatic N) is 1. The summed E-state index contributed by atoms with van der Waals surface area (Å²) in [5.41, 5.74) is 5.95. The largest absolute Gasteiger partial charge is 0.493 e. The number of carbonyl (C=O) groups is 1. The summed E-state index contributed by atoms with van der Waals surface area (Å²) in [6, 6.07) is 14.0. The molecule has 2 N–H and O–H groups in total. The summed E-state index contributed by atoms with van der Waals surface area (Å²) >= 11 is 6.03. The molecule has 1 heterocycles. The Morgan fingerprint density at radius 3 is 2.61 bits per heavy atom. The molecule has 1 saturated heterocycles. The van der Waals surface area contributed by atoms with Crippen molar-refractivity contribution < 1.29 is 17.9 Å². The van der Waals surface area contributed by atoms with Crippen LogP contribution in [0.3, 0.4) is 0 Å². The summed E-state index contributed by atoms with van der Waals surface area (Å²) in [5, 5.41) is 0.542. The Labute approximate surface area is 189 Å². The number of nitrogens with two attached hydrogens (primary N) is 1. The minimum atomic E-state index is -3.69. The van der Waals surface area contributed by atoms with Gasteiger partial charge in [-0.3, -0.25) is 4.79 Å². The van der Waals surface area contributed by atoms with Crippen LogP contribution in [0.5, 0.6) is 5.75 Å². The van der Waals surface area contributed by atoms with Gasteiger partial charge in [0.25, 0.3) is 0 Å². The van der Waals surface area contributed by atoms with Gasteiger partial charge in [0.1, 0.15) is 5.75 Å². The van der Waals surface area contributed by atoms with Crippen molar-refractivity contribution in [2.45, 2.75) is 43.9 Å². The van der Waals surface area contributed by atoms with E-state index in [4.69, 9.17) is 22.1 Å². The Kier molecular flexibility index (Phi) is 7.62. The van der Waals surface area contributed by atoms with Gasteiger partial charge in [-0.25, -0.2) is 8.42 Å². The molecule has 2 aromatic carbocycles. The minimum Gasteiger partial charge on any atom is -0.493 e. The first-order valence-electron chi connectivity index (χ1n) is 10.5. The summed E-state index contributed by atoms with van der Waals surface area (Å²) in [7, 11) is -3.69. The van der Waals surface area contributed by atoms with E-state index in [0.717, 1.165) is 18.4 Å². The van der Waals surface area contributed by atoms with Crippen molar-refractivity contribution in [3.8, 4) is 5.75 Å². The van der Waals surface area contributed by atoms with E-state index in [1.165, 1.54) is 4.31 Å². The highest BCUT2D eigenvalue weighted by atomic mass is 35.5. The van der Waals surface area contributed by atoms with Crippen molar-refractivity contribution in [3.05, 3.63) is 59.1 Å². The minimum absolute atomic E-state index is 0.0506. The van der Waals surface area contributed by atoms with Crippen LogP contribution in [0, 0.1) is 5.41 Å². The first-order chi connectivity index (χ1) is 14.7. The van der Waals surface area contributed by atoms with Gasteiger partial charge in [0, 0.05) is 29.9 Å². The highest BCUT2D eigenvalue weighted by Gasteiger charge is 2.42. The number of ether oxygens (including phenoxy) is 1. The molecule has 1 amide bonds. The molecule has 1 fully saturated rings. The van der Waals surface area contributed by atoms with Crippen LogP contribution in [0.15, 0.2) is 53.4 Å². The van der Waals surface area contributed by atoms with Gasteiger partial charge in [0.2, 0.25) is 15.9 Å². The van der Waals surface area contributed by atoms with Gasteiger partial charge in [-0.05, 0) is 55.2 Å². The average molecular weight is 465 g/mol. The zero-order valence-corrected chi connectivity index (χ0v) is 19.3. The van der Waals surface area contributed by atoms with Crippen LogP contribution >= 0.6 is 11.6 Å². The second-order valence-corrected chi connectivity index (χ2v) is 10.6. The number of hydrogen-bond acceptors (Lipinski definition) is 4. The Morgan fingerprint density at radius 2 is 1.97 bits per heavy atom. The van der Waals surface area contributed by atoms with E-state index >= 15 is 0 Å². The molecule has 1 aliphatic heterocycles. The standard InChI is InChI=1S/C23H29ClN2O4S/c1-2-5-18-8-10-21(11-9-18)31(28,29)26-13-4-12-23(16-26,15-22(25)27)17-30-20-7-3-6-19(24)14-20/h3,6-11,14H,2,4-5,12-13,15-17H2,1H3,(H2,25,27). The SMILES string of the molecule is CCCc1ccc(S(=O)(=O)N2CCCC(COc3cccc(Cl)c3)(CC(N)=O)C2)cc1. The Morgan fingerprint density at radius 1 is 1.23 bits per heavy atom. The zero-order valence-electron chi connectivity index (χ0n) is 17.7. The molecule has 3 rings (SSSR count). The van der Waals surface area contributed by atoms with Gasteiger partial charge in [0.15, 0.2) is 0 Å². The fourth-order valence-corrected chi connectivity index (χ4v) is 5.88. The molecular formula is C23H29ClN2O4S. The Bertz CT molecular complexity index is 1010. The quantitative estimate of drug-likeness (QED) is 0.606. The monoisotopic (exact) mass is 464 g/mol. The number of halogens is 1. The van der Waals surface area contributed by atoms with E-state index in [-0.39, 0.29) is 24.5 Å². The maximum Gasteiger partial charge on any atom is 0.243 e. The molecule has 1 atom stereocenters. The molecule has 6 nitrogen and oxygen atoms in total. The van der Waals surface area contributed by atoms with Crippen molar-refractivity contribution in [1.82, 2.24) is 4.31 Å². The average Bonchev–Trinajstić information content (AvgIpc) is 2.73. The molecule has 0 spiro atoms. The summed E-state index contributed by atoms with van der Waals surface area (Å²) in [5.74, 6) is 0.0979. The summed E-state index contributed by atoms with van der Waals surface area (Å²) in [6.07, 6.45) is 3.24. The van der Waals surface area contributed by atoms with E-state index in [0.29, 0.717) is 30.2 Å². The third kappa shape index (κ3) is 5.99. The zero-order chi connectivity index (χ0) is 22.5. The van der Waals surface area contributed by atoms with Crippen molar-refractivity contribution in [2.24, 2.45) is 11.1 Å².